The quantitative estimate of drug-likeness (QED) is 0.329. The van der Waals surface area contributed by atoms with Gasteiger partial charge in [-0.1, -0.05) is 0 Å². The van der Waals surface area contributed by atoms with Crippen molar-refractivity contribution in [3.05, 3.63) is 0 Å². The smallest absolute Gasteiger partial charge is 0.343 e. The van der Waals surface area contributed by atoms with E-state index >= 15 is 0 Å². The molecule has 4 N–H and O–H groups in total. The van der Waals surface area contributed by atoms with Crippen LogP contribution in [0.4, 0.5) is 0 Å². The zero-order chi connectivity index (χ0) is 15.3. The summed E-state index contributed by atoms with van der Waals surface area (Å²) in [4.78, 5) is 44.3. The normalized spacial score (nSPS) is 23.4. The Morgan fingerprint density at radius 2 is 2.00 bits per heavy atom. The summed E-state index contributed by atoms with van der Waals surface area (Å²) >= 11 is 0. The van der Waals surface area contributed by atoms with Gasteiger partial charge in [-0.05, 0) is 0 Å². The van der Waals surface area contributed by atoms with Crippen LogP contribution in [0.3, 0.4) is 0 Å². The summed E-state index contributed by atoms with van der Waals surface area (Å²) in [7, 11) is 0. The minimum atomic E-state index is -1.92. The summed E-state index contributed by atoms with van der Waals surface area (Å²) in [6, 6.07) is 0. The Kier molecular flexibility index (Phi) is 5.74. The maximum atomic E-state index is 11.3. The van der Waals surface area contributed by atoms with Crippen molar-refractivity contribution >= 4 is 23.5 Å². The van der Waals surface area contributed by atoms with Gasteiger partial charge in [-0.25, -0.2) is 4.79 Å². The van der Waals surface area contributed by atoms with Gasteiger partial charge in [-0.2, -0.15) is 0 Å². The van der Waals surface area contributed by atoms with Crippen LogP contribution >= 0.6 is 0 Å². The molecule has 112 valence electrons. The van der Waals surface area contributed by atoms with Crippen LogP contribution < -0.4 is 5.73 Å². The van der Waals surface area contributed by atoms with E-state index in [9.17, 15) is 24.3 Å². The number of aliphatic hydroxyl groups excluding tert-OH is 2. The minimum Gasteiger partial charge on any atom is -0.463 e. The number of esters is 2. The average molecular weight is 289 g/mol. The summed E-state index contributed by atoms with van der Waals surface area (Å²) in [5, 5.41) is 18.6. The number of aliphatic hydroxyl groups is 2. The van der Waals surface area contributed by atoms with E-state index in [0.717, 1.165) is 0 Å². The maximum absolute atomic E-state index is 11.3. The highest BCUT2D eigenvalue weighted by atomic mass is 16.6. The van der Waals surface area contributed by atoms with Crippen molar-refractivity contribution in [3.8, 4) is 0 Å². The van der Waals surface area contributed by atoms with Crippen LogP contribution in [0.25, 0.3) is 0 Å². The Balaban J connectivity index is 2.35. The lowest BCUT2D eigenvalue weighted by Gasteiger charge is -2.15. The second kappa shape index (κ2) is 7.08. The van der Waals surface area contributed by atoms with Crippen molar-refractivity contribution in [1.29, 1.82) is 0 Å². The molecule has 1 rings (SSSR count). The largest absolute Gasteiger partial charge is 0.463 e. The summed E-state index contributed by atoms with van der Waals surface area (Å²) in [5.74, 6) is -3.22. The number of hydrogen-bond acceptors (Lipinski definition) is 9. The van der Waals surface area contributed by atoms with Gasteiger partial charge in [0.15, 0.2) is 6.10 Å². The maximum Gasteiger partial charge on any atom is 0.343 e. The molecule has 9 nitrogen and oxygen atoms in total. The Morgan fingerprint density at radius 3 is 2.50 bits per heavy atom. The molecule has 1 aliphatic rings. The van der Waals surface area contributed by atoms with Gasteiger partial charge in [0, 0.05) is 6.42 Å². The Labute approximate surface area is 113 Å². The lowest BCUT2D eigenvalue weighted by Crippen LogP contribution is -2.38. The molecule has 0 aromatic rings. The van der Waals surface area contributed by atoms with Gasteiger partial charge in [0.25, 0.3) is 0 Å². The summed E-state index contributed by atoms with van der Waals surface area (Å²) in [5.41, 5.74) is 5.05. The van der Waals surface area contributed by atoms with Gasteiger partial charge in [-0.15, -0.1) is 0 Å². The first-order chi connectivity index (χ1) is 9.36. The molecule has 1 saturated heterocycles. The molecule has 0 spiro atoms. The fraction of sp³-hybridized carbons (Fsp3) is 0.636. The molecule has 0 radical (unpaired) electrons. The van der Waals surface area contributed by atoms with Crippen LogP contribution in [0, 0.1) is 0 Å². The topological polar surface area (TPSA) is 153 Å². The van der Waals surface area contributed by atoms with Crippen LogP contribution in [0.15, 0.2) is 0 Å². The Hall–Kier alpha value is -1.84. The van der Waals surface area contributed by atoms with Crippen molar-refractivity contribution in [2.24, 2.45) is 5.73 Å². The molecular formula is C11H15NO8. The molecule has 9 heteroatoms. The van der Waals surface area contributed by atoms with Crippen LogP contribution in [-0.2, 0) is 28.7 Å². The number of hydrogen-bond donors (Lipinski definition) is 3. The highest BCUT2D eigenvalue weighted by Crippen LogP contribution is 2.15. The SMILES string of the molecule is NCC(=O)CCC(=O)OCC(O)C1OC(=O)C(O)C1=O. The molecule has 0 aromatic heterocycles. The van der Waals surface area contributed by atoms with Crippen molar-refractivity contribution in [2.45, 2.75) is 31.2 Å². The van der Waals surface area contributed by atoms with Crippen LogP contribution in [-0.4, -0.2) is 65.2 Å². The van der Waals surface area contributed by atoms with E-state index in [4.69, 9.17) is 10.8 Å². The third kappa shape index (κ3) is 4.08. The first-order valence-electron chi connectivity index (χ1n) is 5.84. The predicted octanol–water partition coefficient (Wildman–Crippen LogP) is -2.95. The number of nitrogens with two attached hydrogens (primary N) is 1. The summed E-state index contributed by atoms with van der Waals surface area (Å²) in [6.45, 7) is -0.771. The highest BCUT2D eigenvalue weighted by molar-refractivity contribution is 6.09. The van der Waals surface area contributed by atoms with Crippen LogP contribution in [0.1, 0.15) is 12.8 Å². The monoisotopic (exact) mass is 289 g/mol. The number of rotatable bonds is 7. The number of Topliss-reactive ketones (excluding diaryl/α,β-unsaturated/α-hetero) is 2. The molecular weight excluding hydrogens is 274 g/mol. The van der Waals surface area contributed by atoms with Gasteiger partial charge >= 0.3 is 11.9 Å². The molecule has 20 heavy (non-hydrogen) atoms. The van der Waals surface area contributed by atoms with Gasteiger partial charge in [0.05, 0.1) is 13.0 Å². The van der Waals surface area contributed by atoms with Crippen molar-refractivity contribution in [1.82, 2.24) is 0 Å². The van der Waals surface area contributed by atoms with E-state index in [-0.39, 0.29) is 25.2 Å². The molecule has 0 bridgehead atoms. The van der Waals surface area contributed by atoms with Gasteiger partial charge in [0.1, 0.15) is 18.5 Å². The van der Waals surface area contributed by atoms with Crippen molar-refractivity contribution < 1.29 is 38.9 Å². The second-order valence-electron chi connectivity index (χ2n) is 4.16. The molecule has 1 fully saturated rings. The predicted molar refractivity (Wildman–Crippen MR) is 61.2 cm³/mol. The number of cyclic esters (lactones) is 1. The van der Waals surface area contributed by atoms with Crippen molar-refractivity contribution in [2.75, 3.05) is 13.2 Å². The van der Waals surface area contributed by atoms with E-state index in [1.54, 1.807) is 0 Å². The molecule has 0 saturated carbocycles. The Morgan fingerprint density at radius 1 is 1.35 bits per heavy atom. The first-order valence-corrected chi connectivity index (χ1v) is 5.84. The number of carbonyl (C=O) groups is 4. The molecule has 3 unspecified atom stereocenters. The number of ketones is 2. The van der Waals surface area contributed by atoms with E-state index in [2.05, 4.69) is 9.47 Å². The summed E-state index contributed by atoms with van der Waals surface area (Å²) in [6.07, 6.45) is -5.34. The van der Waals surface area contributed by atoms with E-state index in [1.165, 1.54) is 0 Å². The zero-order valence-electron chi connectivity index (χ0n) is 10.5. The third-order valence-electron chi connectivity index (χ3n) is 2.62. The fourth-order valence-electron chi connectivity index (χ4n) is 1.47. The van der Waals surface area contributed by atoms with E-state index < -0.39 is 42.6 Å². The third-order valence-corrected chi connectivity index (χ3v) is 2.62. The van der Waals surface area contributed by atoms with Crippen LogP contribution in [0.2, 0.25) is 0 Å². The minimum absolute atomic E-state index is 0.0819. The molecule has 1 aliphatic heterocycles. The molecule has 1 heterocycles. The molecule has 3 atom stereocenters. The average Bonchev–Trinajstić information content (AvgIpc) is 2.69. The lowest BCUT2D eigenvalue weighted by molar-refractivity contribution is -0.157. The summed E-state index contributed by atoms with van der Waals surface area (Å²) < 4.78 is 9.07. The second-order valence-corrected chi connectivity index (χ2v) is 4.16. The molecule has 0 aromatic carbocycles. The molecule has 0 aliphatic carbocycles. The standard InChI is InChI=1S/C11H15NO8/c12-3-5(13)1-2-7(15)19-4-6(14)10-8(16)9(17)11(18)20-10/h6,9-10,14,17H,1-4,12H2. The zero-order valence-corrected chi connectivity index (χ0v) is 10.5. The number of carbonyl (C=O) groups excluding carboxylic acids is 4. The van der Waals surface area contributed by atoms with E-state index in [0.29, 0.717) is 0 Å². The van der Waals surface area contributed by atoms with Gasteiger partial charge in [0.2, 0.25) is 11.9 Å². The fourth-order valence-corrected chi connectivity index (χ4v) is 1.47. The van der Waals surface area contributed by atoms with Gasteiger partial charge < -0.3 is 25.4 Å². The first kappa shape index (κ1) is 16.2. The number of ether oxygens (including phenoxy) is 2. The highest BCUT2D eigenvalue weighted by Gasteiger charge is 2.46. The Bertz CT molecular complexity index is 421. The van der Waals surface area contributed by atoms with Gasteiger partial charge in [-0.3, -0.25) is 14.4 Å². The van der Waals surface area contributed by atoms with E-state index in [1.807, 2.05) is 0 Å². The van der Waals surface area contributed by atoms with Crippen molar-refractivity contribution in [3.63, 3.8) is 0 Å². The molecule has 0 amide bonds. The lowest BCUT2D eigenvalue weighted by atomic mass is 10.1. The van der Waals surface area contributed by atoms with Crippen LogP contribution in [0.5, 0.6) is 0 Å².